The van der Waals surface area contributed by atoms with Gasteiger partial charge in [-0.25, -0.2) is 0 Å². The van der Waals surface area contributed by atoms with Gasteiger partial charge in [-0.05, 0) is 29.2 Å². The minimum atomic E-state index is -0.912. The van der Waals surface area contributed by atoms with Crippen molar-refractivity contribution < 1.29 is 19.7 Å². The largest absolute Gasteiger partial charge is 0.508 e. The molecule has 4 heteroatoms. The lowest BCUT2D eigenvalue weighted by Gasteiger charge is -2.37. The number of methoxy groups -OCH3 is 1. The number of phenolic OH excluding ortho intramolecular Hbond substituents is 1. The molecule has 1 unspecified atom stereocenters. The number of aliphatic carboxylic acids is 1. The fraction of sp³-hybridized carbons (Fsp3) is 0.208. The van der Waals surface area contributed by atoms with Crippen LogP contribution in [0.4, 0.5) is 0 Å². The molecule has 2 N–H and O–H groups in total. The molecule has 0 fully saturated rings. The zero-order valence-corrected chi connectivity index (χ0v) is 16.0. The highest BCUT2D eigenvalue weighted by Gasteiger charge is 2.42. The van der Waals surface area contributed by atoms with Gasteiger partial charge < -0.3 is 14.9 Å². The van der Waals surface area contributed by atoms with Gasteiger partial charge in [-0.3, -0.25) is 4.79 Å². The Morgan fingerprint density at radius 1 is 0.964 bits per heavy atom. The van der Waals surface area contributed by atoms with Crippen molar-refractivity contribution in [3.8, 4) is 11.5 Å². The van der Waals surface area contributed by atoms with Crippen LogP contribution in [0.1, 0.15) is 23.6 Å². The van der Waals surface area contributed by atoms with Crippen molar-refractivity contribution in [1.29, 1.82) is 0 Å². The monoisotopic (exact) mass is 376 g/mol. The van der Waals surface area contributed by atoms with Gasteiger partial charge >= 0.3 is 5.97 Å². The van der Waals surface area contributed by atoms with Crippen molar-refractivity contribution in [3.05, 3.63) is 95.6 Å². The van der Waals surface area contributed by atoms with E-state index < -0.39 is 17.3 Å². The van der Waals surface area contributed by atoms with Crippen molar-refractivity contribution in [2.75, 3.05) is 7.11 Å². The quantitative estimate of drug-likeness (QED) is 0.630. The molecule has 0 aliphatic carbocycles. The lowest BCUT2D eigenvalue weighted by Crippen LogP contribution is -2.40. The third-order valence-electron chi connectivity index (χ3n) is 5.46. The molecule has 0 spiro atoms. The van der Waals surface area contributed by atoms with Gasteiger partial charge in [-0.1, -0.05) is 73.7 Å². The first-order valence-corrected chi connectivity index (χ1v) is 9.16. The molecule has 0 bridgehead atoms. The number of carbonyl (C=O) groups is 1. The van der Waals surface area contributed by atoms with E-state index in [1.165, 1.54) is 13.2 Å². The molecule has 3 aromatic rings. The molecule has 0 aromatic heterocycles. The summed E-state index contributed by atoms with van der Waals surface area (Å²) in [5.41, 5.74) is 1.63. The summed E-state index contributed by atoms with van der Waals surface area (Å²) >= 11 is 0. The summed E-state index contributed by atoms with van der Waals surface area (Å²) in [6.07, 6.45) is 0.186. The maximum Gasteiger partial charge on any atom is 0.308 e. The number of phenols is 1. The van der Waals surface area contributed by atoms with Gasteiger partial charge in [-0.2, -0.15) is 0 Å². The van der Waals surface area contributed by atoms with Gasteiger partial charge in [0.2, 0.25) is 0 Å². The van der Waals surface area contributed by atoms with E-state index in [4.69, 9.17) is 4.74 Å². The first-order valence-electron chi connectivity index (χ1n) is 9.16. The van der Waals surface area contributed by atoms with E-state index in [-0.39, 0.29) is 12.2 Å². The summed E-state index contributed by atoms with van der Waals surface area (Å²) in [4.78, 5) is 12.4. The molecule has 0 saturated heterocycles. The van der Waals surface area contributed by atoms with Crippen LogP contribution in [0.25, 0.3) is 0 Å². The van der Waals surface area contributed by atoms with Crippen molar-refractivity contribution in [2.24, 2.45) is 5.92 Å². The molecule has 0 amide bonds. The predicted octanol–water partition coefficient (Wildman–Crippen LogP) is 4.65. The predicted molar refractivity (Wildman–Crippen MR) is 109 cm³/mol. The standard InChI is InChI=1S/C24H24O4/c1-24(18-9-5-3-6-10-18,19-11-7-4-8-12-19)21(23(26)27)15-17-13-14-20(28-2)16-22(17)25/h3-14,16,21,25H,15H2,1-2H3,(H,26,27). The van der Waals surface area contributed by atoms with Crippen molar-refractivity contribution in [2.45, 2.75) is 18.8 Å². The third kappa shape index (κ3) is 3.72. The zero-order valence-electron chi connectivity index (χ0n) is 16.0. The Bertz CT molecular complexity index is 896. The van der Waals surface area contributed by atoms with Crippen LogP contribution in [0.3, 0.4) is 0 Å². The second-order valence-electron chi connectivity index (χ2n) is 7.02. The first-order chi connectivity index (χ1) is 13.5. The minimum absolute atomic E-state index is 0.0362. The van der Waals surface area contributed by atoms with E-state index in [2.05, 4.69) is 0 Å². The van der Waals surface area contributed by atoms with E-state index in [9.17, 15) is 15.0 Å². The molecule has 0 radical (unpaired) electrons. The number of benzene rings is 3. The summed E-state index contributed by atoms with van der Waals surface area (Å²) in [6, 6.07) is 24.3. The van der Waals surface area contributed by atoms with E-state index in [1.54, 1.807) is 12.1 Å². The summed E-state index contributed by atoms with van der Waals surface area (Å²) in [5.74, 6) is -1.13. The van der Waals surface area contributed by atoms with Gasteiger partial charge in [0, 0.05) is 11.5 Å². The Hall–Kier alpha value is -3.27. The van der Waals surface area contributed by atoms with Gasteiger partial charge in [0.05, 0.1) is 13.0 Å². The Kier molecular flexibility index (Phi) is 5.69. The Morgan fingerprint density at radius 3 is 1.93 bits per heavy atom. The molecule has 3 aromatic carbocycles. The van der Waals surface area contributed by atoms with Crippen molar-refractivity contribution in [1.82, 2.24) is 0 Å². The van der Waals surface area contributed by atoms with Crippen molar-refractivity contribution in [3.63, 3.8) is 0 Å². The summed E-state index contributed by atoms with van der Waals surface area (Å²) < 4.78 is 5.13. The maximum atomic E-state index is 12.4. The van der Waals surface area contributed by atoms with Crippen LogP contribution >= 0.6 is 0 Å². The number of ether oxygens (including phenoxy) is 1. The summed E-state index contributed by atoms with van der Waals surface area (Å²) in [7, 11) is 1.52. The number of hydrogen-bond donors (Lipinski definition) is 2. The second-order valence-corrected chi connectivity index (χ2v) is 7.02. The molecule has 28 heavy (non-hydrogen) atoms. The lowest BCUT2D eigenvalue weighted by molar-refractivity contribution is -0.143. The van der Waals surface area contributed by atoms with Crippen LogP contribution in [-0.4, -0.2) is 23.3 Å². The van der Waals surface area contributed by atoms with Crippen LogP contribution in [0.2, 0.25) is 0 Å². The number of aromatic hydroxyl groups is 1. The van der Waals surface area contributed by atoms with E-state index >= 15 is 0 Å². The molecule has 1 atom stereocenters. The lowest BCUT2D eigenvalue weighted by atomic mass is 9.65. The van der Waals surface area contributed by atoms with Gasteiger partial charge in [0.25, 0.3) is 0 Å². The van der Waals surface area contributed by atoms with Crippen LogP contribution in [0.5, 0.6) is 11.5 Å². The van der Waals surface area contributed by atoms with Crippen LogP contribution in [0.15, 0.2) is 78.9 Å². The number of hydrogen-bond acceptors (Lipinski definition) is 3. The third-order valence-corrected chi connectivity index (χ3v) is 5.46. The smallest absolute Gasteiger partial charge is 0.308 e. The van der Waals surface area contributed by atoms with Gasteiger partial charge in [-0.15, -0.1) is 0 Å². The molecule has 3 rings (SSSR count). The number of carboxylic acid groups (broad SMARTS) is 1. The SMILES string of the molecule is COc1ccc(CC(C(=O)O)C(C)(c2ccccc2)c2ccccc2)c(O)c1. The average Bonchev–Trinajstić information content (AvgIpc) is 2.73. The molecule has 0 saturated carbocycles. The molecule has 0 aliphatic heterocycles. The van der Waals surface area contributed by atoms with Gasteiger partial charge in [0.1, 0.15) is 11.5 Å². The topological polar surface area (TPSA) is 66.8 Å². The number of rotatable bonds is 7. The number of carboxylic acids is 1. The molecule has 144 valence electrons. The minimum Gasteiger partial charge on any atom is -0.508 e. The van der Waals surface area contributed by atoms with Gasteiger partial charge in [0.15, 0.2) is 0 Å². The zero-order chi connectivity index (χ0) is 20.1. The first kappa shape index (κ1) is 19.5. The molecule has 0 heterocycles. The van der Waals surface area contributed by atoms with E-state index in [1.807, 2.05) is 67.6 Å². The second kappa shape index (κ2) is 8.17. The van der Waals surface area contributed by atoms with Crippen LogP contribution < -0.4 is 4.74 Å². The highest BCUT2D eigenvalue weighted by Crippen LogP contribution is 2.42. The highest BCUT2D eigenvalue weighted by atomic mass is 16.5. The molecule has 0 aliphatic rings. The average molecular weight is 376 g/mol. The Balaban J connectivity index is 2.12. The molecular formula is C24H24O4. The fourth-order valence-corrected chi connectivity index (χ4v) is 3.74. The Labute approximate surface area is 165 Å². The fourth-order valence-electron chi connectivity index (χ4n) is 3.74. The molecular weight excluding hydrogens is 352 g/mol. The van der Waals surface area contributed by atoms with Crippen LogP contribution in [0, 0.1) is 5.92 Å². The molecule has 4 nitrogen and oxygen atoms in total. The highest BCUT2D eigenvalue weighted by molar-refractivity contribution is 5.74. The van der Waals surface area contributed by atoms with E-state index in [0.717, 1.165) is 11.1 Å². The summed E-state index contributed by atoms with van der Waals surface area (Å²) in [5, 5.41) is 20.6. The summed E-state index contributed by atoms with van der Waals surface area (Å²) in [6.45, 7) is 1.96. The van der Waals surface area contributed by atoms with E-state index in [0.29, 0.717) is 11.3 Å². The van der Waals surface area contributed by atoms with Crippen LogP contribution in [-0.2, 0) is 16.6 Å². The van der Waals surface area contributed by atoms with Crippen molar-refractivity contribution >= 4 is 5.97 Å². The maximum absolute atomic E-state index is 12.4. The Morgan fingerprint density at radius 2 is 1.50 bits per heavy atom. The normalized spacial score (nSPS) is 12.4.